The number of hydrogen-bond donors (Lipinski definition) is 2. The molecule has 0 fully saturated rings. The minimum absolute atomic E-state index is 0.0632. The number of aryl methyl sites for hydroxylation is 2. The molecule has 0 bridgehead atoms. The first-order valence-corrected chi connectivity index (χ1v) is 6.32. The highest BCUT2D eigenvalue weighted by Gasteiger charge is 2.17. The van der Waals surface area contributed by atoms with E-state index in [0.29, 0.717) is 0 Å². The second kappa shape index (κ2) is 5.84. The monoisotopic (exact) mass is 248 g/mol. The van der Waals surface area contributed by atoms with Crippen molar-refractivity contribution in [3.63, 3.8) is 0 Å². The molecule has 0 aliphatic carbocycles. The van der Waals surface area contributed by atoms with Crippen LogP contribution in [0.25, 0.3) is 0 Å². The summed E-state index contributed by atoms with van der Waals surface area (Å²) in [5.41, 5.74) is 5.16. The molecule has 2 heterocycles. The normalized spacial score (nSPS) is 12.8. The number of hydrogen-bond acceptors (Lipinski definition) is 4. The topological polar surface area (TPSA) is 69.0 Å². The summed E-state index contributed by atoms with van der Waals surface area (Å²) in [4.78, 5) is 0. The van der Waals surface area contributed by atoms with Gasteiger partial charge in [0, 0.05) is 24.7 Å². The second-order valence-electron chi connectivity index (χ2n) is 4.28. The van der Waals surface area contributed by atoms with Crippen LogP contribution in [0, 0.1) is 0 Å². The van der Waals surface area contributed by atoms with E-state index in [2.05, 4.69) is 30.6 Å². The summed E-state index contributed by atoms with van der Waals surface area (Å²) in [5, 5.41) is 4.27. The van der Waals surface area contributed by atoms with Gasteiger partial charge in [-0.2, -0.15) is 5.10 Å². The Morgan fingerprint density at radius 2 is 2.33 bits per heavy atom. The standard InChI is InChI=1S/C13H20N4O/c1-3-13-11(5-6-18-13)12(16-14)7-10-8-15-17(4-2)9-10/h5-6,8-9,12,16H,3-4,7,14H2,1-2H3. The molecular weight excluding hydrogens is 228 g/mol. The van der Waals surface area contributed by atoms with Crippen molar-refractivity contribution in [3.05, 3.63) is 41.6 Å². The molecule has 0 radical (unpaired) electrons. The summed E-state index contributed by atoms with van der Waals surface area (Å²) < 4.78 is 7.36. The van der Waals surface area contributed by atoms with Gasteiger partial charge in [0.05, 0.1) is 18.5 Å². The van der Waals surface area contributed by atoms with Crippen LogP contribution in [0.1, 0.15) is 36.8 Å². The van der Waals surface area contributed by atoms with E-state index in [9.17, 15) is 0 Å². The molecule has 0 aliphatic rings. The smallest absolute Gasteiger partial charge is 0.108 e. The van der Waals surface area contributed by atoms with E-state index >= 15 is 0 Å². The molecule has 18 heavy (non-hydrogen) atoms. The van der Waals surface area contributed by atoms with Gasteiger partial charge in [-0.25, -0.2) is 0 Å². The molecule has 0 amide bonds. The van der Waals surface area contributed by atoms with Crippen LogP contribution in [-0.4, -0.2) is 9.78 Å². The molecule has 0 aliphatic heterocycles. The van der Waals surface area contributed by atoms with Gasteiger partial charge in [0.25, 0.3) is 0 Å². The quantitative estimate of drug-likeness (QED) is 0.604. The number of aromatic nitrogens is 2. The minimum Gasteiger partial charge on any atom is -0.469 e. The van der Waals surface area contributed by atoms with E-state index in [1.54, 1.807) is 6.26 Å². The van der Waals surface area contributed by atoms with Crippen molar-refractivity contribution in [1.29, 1.82) is 0 Å². The molecule has 1 unspecified atom stereocenters. The lowest BCUT2D eigenvalue weighted by molar-refractivity contribution is 0.487. The van der Waals surface area contributed by atoms with Crippen LogP contribution >= 0.6 is 0 Å². The number of hydrazine groups is 1. The highest BCUT2D eigenvalue weighted by Crippen LogP contribution is 2.22. The van der Waals surface area contributed by atoms with E-state index in [-0.39, 0.29) is 6.04 Å². The van der Waals surface area contributed by atoms with Crippen molar-refractivity contribution in [2.24, 2.45) is 5.84 Å². The minimum atomic E-state index is 0.0632. The van der Waals surface area contributed by atoms with Crippen molar-refractivity contribution in [2.45, 2.75) is 39.3 Å². The maximum absolute atomic E-state index is 5.66. The maximum Gasteiger partial charge on any atom is 0.108 e. The largest absolute Gasteiger partial charge is 0.469 e. The molecule has 0 saturated carbocycles. The molecular formula is C13H20N4O. The third-order valence-electron chi connectivity index (χ3n) is 3.13. The van der Waals surface area contributed by atoms with Gasteiger partial charge in [0.1, 0.15) is 5.76 Å². The SMILES string of the molecule is CCc1occc1C(Cc1cnn(CC)c1)NN. The zero-order valence-corrected chi connectivity index (χ0v) is 10.9. The molecule has 98 valence electrons. The first-order valence-electron chi connectivity index (χ1n) is 6.32. The average molecular weight is 248 g/mol. The van der Waals surface area contributed by atoms with Crippen molar-refractivity contribution in [1.82, 2.24) is 15.2 Å². The summed E-state index contributed by atoms with van der Waals surface area (Å²) in [5.74, 6) is 6.64. The highest BCUT2D eigenvalue weighted by molar-refractivity contribution is 5.23. The predicted molar refractivity (Wildman–Crippen MR) is 69.8 cm³/mol. The van der Waals surface area contributed by atoms with Gasteiger partial charge in [0.15, 0.2) is 0 Å². The summed E-state index contributed by atoms with van der Waals surface area (Å²) >= 11 is 0. The number of furan rings is 1. The Labute approximate surface area is 107 Å². The van der Waals surface area contributed by atoms with Crippen LogP contribution in [-0.2, 0) is 19.4 Å². The molecule has 0 spiro atoms. The average Bonchev–Trinajstić information content (AvgIpc) is 3.04. The van der Waals surface area contributed by atoms with Gasteiger partial charge in [-0.3, -0.25) is 16.0 Å². The van der Waals surface area contributed by atoms with E-state index < -0.39 is 0 Å². The van der Waals surface area contributed by atoms with Gasteiger partial charge >= 0.3 is 0 Å². The Bertz CT molecular complexity index is 489. The Morgan fingerprint density at radius 1 is 1.50 bits per heavy atom. The van der Waals surface area contributed by atoms with E-state index in [4.69, 9.17) is 10.3 Å². The molecule has 0 aromatic carbocycles. The Balaban J connectivity index is 2.14. The lowest BCUT2D eigenvalue weighted by Crippen LogP contribution is -2.29. The number of rotatable bonds is 6. The summed E-state index contributed by atoms with van der Waals surface area (Å²) in [7, 11) is 0. The second-order valence-corrected chi connectivity index (χ2v) is 4.28. The highest BCUT2D eigenvalue weighted by atomic mass is 16.3. The van der Waals surface area contributed by atoms with Gasteiger partial charge in [-0.1, -0.05) is 6.92 Å². The van der Waals surface area contributed by atoms with Gasteiger partial charge in [-0.05, 0) is 25.0 Å². The molecule has 1 atom stereocenters. The van der Waals surface area contributed by atoms with Crippen LogP contribution in [0.3, 0.4) is 0 Å². The van der Waals surface area contributed by atoms with Crippen LogP contribution in [0.5, 0.6) is 0 Å². The van der Waals surface area contributed by atoms with Crippen molar-refractivity contribution in [2.75, 3.05) is 0 Å². The molecule has 5 nitrogen and oxygen atoms in total. The predicted octanol–water partition coefficient (Wildman–Crippen LogP) is 1.81. The lowest BCUT2D eigenvalue weighted by atomic mass is 10.0. The third-order valence-corrected chi connectivity index (χ3v) is 3.13. The van der Waals surface area contributed by atoms with E-state index in [1.165, 1.54) is 5.56 Å². The van der Waals surface area contributed by atoms with Crippen molar-refractivity contribution < 1.29 is 4.42 Å². The van der Waals surface area contributed by atoms with Crippen molar-refractivity contribution >= 4 is 0 Å². The van der Waals surface area contributed by atoms with Gasteiger partial charge in [0.2, 0.25) is 0 Å². The summed E-state index contributed by atoms with van der Waals surface area (Å²) in [6.45, 7) is 5.03. The fourth-order valence-corrected chi connectivity index (χ4v) is 2.13. The Morgan fingerprint density at radius 3 is 2.94 bits per heavy atom. The first kappa shape index (κ1) is 12.9. The fraction of sp³-hybridized carbons (Fsp3) is 0.462. The molecule has 2 aromatic heterocycles. The van der Waals surface area contributed by atoms with E-state index in [0.717, 1.165) is 30.7 Å². The molecule has 5 heteroatoms. The zero-order chi connectivity index (χ0) is 13.0. The fourth-order valence-electron chi connectivity index (χ4n) is 2.13. The first-order chi connectivity index (χ1) is 8.78. The van der Waals surface area contributed by atoms with Crippen LogP contribution in [0.2, 0.25) is 0 Å². The molecule has 2 aromatic rings. The Kier molecular flexibility index (Phi) is 4.17. The zero-order valence-electron chi connectivity index (χ0n) is 10.9. The Hall–Kier alpha value is -1.59. The number of nitrogens with zero attached hydrogens (tertiary/aromatic N) is 2. The van der Waals surface area contributed by atoms with Crippen LogP contribution < -0.4 is 11.3 Å². The van der Waals surface area contributed by atoms with Crippen molar-refractivity contribution in [3.8, 4) is 0 Å². The van der Waals surface area contributed by atoms with E-state index in [1.807, 2.05) is 16.9 Å². The molecule has 3 N–H and O–H groups in total. The lowest BCUT2D eigenvalue weighted by Gasteiger charge is -2.14. The summed E-state index contributed by atoms with van der Waals surface area (Å²) in [6.07, 6.45) is 7.33. The molecule has 2 rings (SSSR count). The third kappa shape index (κ3) is 2.63. The maximum atomic E-state index is 5.66. The van der Waals surface area contributed by atoms with Crippen LogP contribution in [0.15, 0.2) is 29.1 Å². The molecule has 0 saturated heterocycles. The summed E-state index contributed by atoms with van der Waals surface area (Å²) in [6, 6.07) is 2.04. The number of nitrogens with one attached hydrogen (secondary N) is 1. The van der Waals surface area contributed by atoms with Gasteiger partial charge in [-0.15, -0.1) is 0 Å². The van der Waals surface area contributed by atoms with Crippen LogP contribution in [0.4, 0.5) is 0 Å². The van der Waals surface area contributed by atoms with Gasteiger partial charge < -0.3 is 4.42 Å². The number of nitrogens with two attached hydrogens (primary N) is 1.